The molecule has 8 nitrogen and oxygen atoms in total. The maximum absolute atomic E-state index is 13.0. The van der Waals surface area contributed by atoms with Gasteiger partial charge in [0.1, 0.15) is 11.5 Å². The van der Waals surface area contributed by atoms with E-state index >= 15 is 0 Å². The summed E-state index contributed by atoms with van der Waals surface area (Å²) in [7, 11) is 0. The lowest BCUT2D eigenvalue weighted by atomic mass is 10.2. The zero-order valence-corrected chi connectivity index (χ0v) is 16.2. The van der Waals surface area contributed by atoms with Crippen molar-refractivity contribution in [2.24, 2.45) is 0 Å². The molecular weight excluding hydrogens is 356 g/mol. The highest BCUT2D eigenvalue weighted by Gasteiger charge is 2.24. The van der Waals surface area contributed by atoms with Crippen LogP contribution in [0, 0.1) is 6.92 Å². The van der Waals surface area contributed by atoms with E-state index in [1.165, 1.54) is 0 Å². The minimum atomic E-state index is -0.0497. The lowest BCUT2D eigenvalue weighted by Gasteiger charge is -2.35. The molecular formula is C20H26N6O2. The van der Waals surface area contributed by atoms with Gasteiger partial charge in [-0.25, -0.2) is 15.0 Å². The van der Waals surface area contributed by atoms with E-state index in [1.807, 2.05) is 30.0 Å². The van der Waals surface area contributed by atoms with Crippen LogP contribution in [-0.4, -0.2) is 71.2 Å². The first-order valence-corrected chi connectivity index (χ1v) is 9.85. The maximum atomic E-state index is 13.0. The van der Waals surface area contributed by atoms with E-state index in [1.54, 1.807) is 12.3 Å². The molecule has 1 N–H and O–H groups in total. The van der Waals surface area contributed by atoms with Crippen molar-refractivity contribution in [1.29, 1.82) is 0 Å². The third-order valence-corrected chi connectivity index (χ3v) is 5.13. The molecule has 0 aliphatic carbocycles. The van der Waals surface area contributed by atoms with Gasteiger partial charge >= 0.3 is 0 Å². The minimum absolute atomic E-state index is 0.0497. The molecule has 0 bridgehead atoms. The van der Waals surface area contributed by atoms with Gasteiger partial charge in [0.25, 0.3) is 5.91 Å². The fourth-order valence-corrected chi connectivity index (χ4v) is 3.61. The molecule has 8 heteroatoms. The van der Waals surface area contributed by atoms with Crippen LogP contribution in [0.25, 0.3) is 0 Å². The van der Waals surface area contributed by atoms with Gasteiger partial charge in [-0.15, -0.1) is 0 Å². The summed E-state index contributed by atoms with van der Waals surface area (Å²) in [6.45, 7) is 6.19. The van der Waals surface area contributed by atoms with E-state index in [0.29, 0.717) is 31.3 Å². The molecule has 2 saturated heterocycles. The number of nitrogens with zero attached hydrogens (tertiary/aromatic N) is 5. The van der Waals surface area contributed by atoms with Crippen LogP contribution >= 0.6 is 0 Å². The number of amides is 1. The number of carbonyl (C=O) groups is 1. The van der Waals surface area contributed by atoms with Gasteiger partial charge in [0.05, 0.1) is 6.10 Å². The number of aromatic nitrogens is 3. The van der Waals surface area contributed by atoms with Crippen LogP contribution in [0.4, 0.5) is 11.8 Å². The molecule has 4 rings (SSSR count). The van der Waals surface area contributed by atoms with Crippen molar-refractivity contribution in [3.05, 3.63) is 41.9 Å². The Morgan fingerprint density at radius 3 is 2.82 bits per heavy atom. The number of ether oxygens (including phenoxy) is 1. The molecule has 2 aromatic heterocycles. The number of pyridine rings is 1. The van der Waals surface area contributed by atoms with Gasteiger partial charge in [0.15, 0.2) is 0 Å². The Balaban J connectivity index is 1.37. The molecule has 148 valence electrons. The fraction of sp³-hybridized carbons (Fsp3) is 0.500. The zero-order valence-electron chi connectivity index (χ0n) is 16.2. The smallest absolute Gasteiger partial charge is 0.272 e. The third-order valence-electron chi connectivity index (χ3n) is 5.13. The van der Waals surface area contributed by atoms with Gasteiger partial charge in [0.2, 0.25) is 5.95 Å². The Morgan fingerprint density at radius 2 is 2.11 bits per heavy atom. The molecule has 4 heterocycles. The Labute approximate surface area is 164 Å². The summed E-state index contributed by atoms with van der Waals surface area (Å²) < 4.78 is 5.62. The summed E-state index contributed by atoms with van der Waals surface area (Å²) in [4.78, 5) is 30.3. The Morgan fingerprint density at radius 1 is 1.25 bits per heavy atom. The lowest BCUT2D eigenvalue weighted by Crippen LogP contribution is -2.49. The first-order chi connectivity index (χ1) is 13.7. The van der Waals surface area contributed by atoms with Crippen LogP contribution in [-0.2, 0) is 4.74 Å². The summed E-state index contributed by atoms with van der Waals surface area (Å²) in [5.74, 6) is 1.39. The van der Waals surface area contributed by atoms with Crippen LogP contribution < -0.4 is 10.2 Å². The van der Waals surface area contributed by atoms with Crippen LogP contribution in [0.2, 0.25) is 0 Å². The first-order valence-electron chi connectivity index (χ1n) is 9.85. The highest BCUT2D eigenvalue weighted by Crippen LogP contribution is 2.16. The van der Waals surface area contributed by atoms with Gasteiger partial charge in [-0.1, -0.05) is 6.07 Å². The van der Waals surface area contributed by atoms with E-state index in [-0.39, 0.29) is 12.0 Å². The molecule has 0 saturated carbocycles. The monoisotopic (exact) mass is 382 g/mol. The molecule has 2 fully saturated rings. The van der Waals surface area contributed by atoms with Crippen molar-refractivity contribution in [3.63, 3.8) is 0 Å². The highest BCUT2D eigenvalue weighted by molar-refractivity contribution is 5.92. The molecule has 1 atom stereocenters. The molecule has 0 radical (unpaired) electrons. The summed E-state index contributed by atoms with van der Waals surface area (Å²) in [5.41, 5.74) is 1.22. The molecule has 2 aliphatic rings. The topological polar surface area (TPSA) is 83.5 Å². The van der Waals surface area contributed by atoms with E-state index in [2.05, 4.69) is 25.2 Å². The average Bonchev–Trinajstić information content (AvgIpc) is 3.26. The van der Waals surface area contributed by atoms with Gasteiger partial charge in [-0.2, -0.15) is 0 Å². The Bertz CT molecular complexity index is 802. The highest BCUT2D eigenvalue weighted by atomic mass is 16.5. The molecule has 28 heavy (non-hydrogen) atoms. The molecule has 0 aromatic carbocycles. The normalized spacial score (nSPS) is 19.7. The van der Waals surface area contributed by atoms with Gasteiger partial charge in [0, 0.05) is 51.2 Å². The van der Waals surface area contributed by atoms with E-state index in [9.17, 15) is 4.79 Å². The number of carbonyl (C=O) groups excluding carboxylic acids is 1. The second-order valence-electron chi connectivity index (χ2n) is 7.20. The first kappa shape index (κ1) is 18.6. The largest absolute Gasteiger partial charge is 0.376 e. The van der Waals surface area contributed by atoms with Gasteiger partial charge in [-0.05, 0) is 38.0 Å². The Hall–Kier alpha value is -2.74. The number of hydrogen-bond donors (Lipinski definition) is 1. The van der Waals surface area contributed by atoms with Crippen LogP contribution in [0.5, 0.6) is 0 Å². The summed E-state index contributed by atoms with van der Waals surface area (Å²) in [5, 5.41) is 3.22. The molecule has 2 aliphatic heterocycles. The summed E-state index contributed by atoms with van der Waals surface area (Å²) >= 11 is 0. The second-order valence-corrected chi connectivity index (χ2v) is 7.20. The van der Waals surface area contributed by atoms with Gasteiger partial charge < -0.3 is 19.9 Å². The maximum Gasteiger partial charge on any atom is 0.272 e. The zero-order chi connectivity index (χ0) is 19.3. The number of anilines is 2. The molecule has 0 spiro atoms. The fourth-order valence-electron chi connectivity index (χ4n) is 3.61. The van der Waals surface area contributed by atoms with E-state index in [4.69, 9.17) is 4.74 Å². The van der Waals surface area contributed by atoms with Crippen molar-refractivity contribution in [2.45, 2.75) is 25.9 Å². The lowest BCUT2D eigenvalue weighted by molar-refractivity contribution is 0.0740. The van der Waals surface area contributed by atoms with E-state index < -0.39 is 0 Å². The number of piperazine rings is 1. The molecule has 1 amide bonds. The number of rotatable bonds is 5. The number of nitrogens with one attached hydrogen (secondary N) is 1. The molecule has 2 aromatic rings. The van der Waals surface area contributed by atoms with Gasteiger partial charge in [-0.3, -0.25) is 4.79 Å². The van der Waals surface area contributed by atoms with Crippen LogP contribution in [0.1, 0.15) is 29.0 Å². The predicted octanol–water partition coefficient (Wildman–Crippen LogP) is 1.73. The number of hydrogen-bond acceptors (Lipinski definition) is 7. The van der Waals surface area contributed by atoms with Crippen LogP contribution in [0.15, 0.2) is 30.5 Å². The van der Waals surface area contributed by atoms with Crippen molar-refractivity contribution in [3.8, 4) is 0 Å². The SMILES string of the molecule is Cc1cc(C(=O)N2CCN(c3ccccn3)CC2)nc(NCC2CCCO2)n1. The van der Waals surface area contributed by atoms with Crippen molar-refractivity contribution in [1.82, 2.24) is 19.9 Å². The van der Waals surface area contributed by atoms with E-state index in [0.717, 1.165) is 44.0 Å². The van der Waals surface area contributed by atoms with Crippen molar-refractivity contribution in [2.75, 3.05) is 49.5 Å². The van der Waals surface area contributed by atoms with Crippen molar-refractivity contribution < 1.29 is 9.53 Å². The summed E-state index contributed by atoms with van der Waals surface area (Å²) in [6.07, 6.45) is 4.13. The molecule has 1 unspecified atom stereocenters. The van der Waals surface area contributed by atoms with Crippen LogP contribution in [0.3, 0.4) is 0 Å². The summed E-state index contributed by atoms with van der Waals surface area (Å²) in [6, 6.07) is 7.64. The predicted molar refractivity (Wildman–Crippen MR) is 107 cm³/mol. The second kappa shape index (κ2) is 8.52. The van der Waals surface area contributed by atoms with Crippen molar-refractivity contribution >= 4 is 17.7 Å². The standard InChI is InChI=1S/C20H26N6O2/c1-15-13-17(24-20(23-15)22-14-16-5-4-12-28-16)19(27)26-10-8-25(9-11-26)18-6-2-3-7-21-18/h2-3,6-7,13,16H,4-5,8-12,14H2,1H3,(H,22,23,24). The quantitative estimate of drug-likeness (QED) is 0.843. The Kier molecular flexibility index (Phi) is 5.66. The number of aryl methyl sites for hydroxylation is 1. The average molecular weight is 382 g/mol. The third kappa shape index (κ3) is 4.39. The minimum Gasteiger partial charge on any atom is -0.376 e.